The lowest BCUT2D eigenvalue weighted by Gasteiger charge is -2.35. The number of carbonyl (C=O) groups is 4. The molecule has 0 bridgehead atoms. The summed E-state index contributed by atoms with van der Waals surface area (Å²) in [4.78, 5) is 64.2. The Morgan fingerprint density at radius 1 is 0.467 bits per heavy atom. The number of carbonyl (C=O) groups excluding carboxylic acids is 4. The van der Waals surface area contributed by atoms with Crippen LogP contribution in [-0.2, 0) is 19.2 Å². The highest BCUT2D eigenvalue weighted by molar-refractivity contribution is 6.07. The summed E-state index contributed by atoms with van der Waals surface area (Å²) in [6, 6.07) is 36.3. The van der Waals surface area contributed by atoms with Gasteiger partial charge >= 0.3 is 0 Å². The minimum absolute atomic E-state index is 0.0961. The number of anilines is 2. The van der Waals surface area contributed by atoms with Gasteiger partial charge in [0.15, 0.2) is 0 Å². The fraction of sp³-hybridized carbons (Fsp3) is 0.360. The zero-order chi connectivity index (χ0) is 41.5. The van der Waals surface area contributed by atoms with Gasteiger partial charge in [0, 0.05) is 74.2 Å². The molecule has 7 rings (SSSR count). The van der Waals surface area contributed by atoms with Crippen molar-refractivity contribution in [3.63, 3.8) is 0 Å². The molecule has 60 heavy (non-hydrogen) atoms. The lowest BCUT2D eigenvalue weighted by molar-refractivity contribution is -0.126. The summed E-state index contributed by atoms with van der Waals surface area (Å²) < 4.78 is 0. The second-order valence-electron chi connectivity index (χ2n) is 16.1. The molecule has 3 fully saturated rings. The first-order valence-corrected chi connectivity index (χ1v) is 21.8. The fourth-order valence-electron chi connectivity index (χ4n) is 8.68. The van der Waals surface area contributed by atoms with Gasteiger partial charge < -0.3 is 20.4 Å². The average Bonchev–Trinajstić information content (AvgIpc) is 3.30. The third kappa shape index (κ3) is 11.1. The van der Waals surface area contributed by atoms with Crippen LogP contribution >= 0.6 is 0 Å². The predicted molar refractivity (Wildman–Crippen MR) is 238 cm³/mol. The minimum Gasteiger partial charge on any atom is -0.374 e. The molecule has 2 unspecified atom stereocenters. The molecule has 0 spiro atoms. The smallest absolute Gasteiger partial charge is 0.253 e. The van der Waals surface area contributed by atoms with E-state index >= 15 is 0 Å². The van der Waals surface area contributed by atoms with Crippen LogP contribution in [0, 0.1) is 0 Å². The van der Waals surface area contributed by atoms with E-state index in [1.165, 1.54) is 12.8 Å². The summed E-state index contributed by atoms with van der Waals surface area (Å²) in [7, 11) is 0. The maximum absolute atomic E-state index is 14.3. The molecule has 10 heteroatoms. The molecule has 4 amide bonds. The quantitative estimate of drug-likeness (QED) is 0.125. The van der Waals surface area contributed by atoms with Crippen molar-refractivity contribution in [2.75, 3.05) is 36.0 Å². The first-order valence-electron chi connectivity index (χ1n) is 21.8. The van der Waals surface area contributed by atoms with Crippen LogP contribution < -0.4 is 20.4 Å². The van der Waals surface area contributed by atoms with Crippen LogP contribution in [0.1, 0.15) is 87.4 Å². The maximum Gasteiger partial charge on any atom is 0.253 e. The van der Waals surface area contributed by atoms with Crippen molar-refractivity contribution in [3.8, 4) is 0 Å². The SMILES string of the molecule is O=C(NC1CCCCC1)C(c1ccccc1)N(C(=O)/C=C/N1CCN(/C=C/C(=O)N(c2ccccc2)C(C(=O)NC2CCCCC2)c2ccccc2)CC1)c1ccccc1. The summed E-state index contributed by atoms with van der Waals surface area (Å²) in [5.74, 6) is -0.939. The van der Waals surface area contributed by atoms with Crippen molar-refractivity contribution >= 4 is 35.0 Å². The molecule has 2 N–H and O–H groups in total. The van der Waals surface area contributed by atoms with Crippen molar-refractivity contribution in [3.05, 3.63) is 157 Å². The molecule has 0 radical (unpaired) electrons. The Labute approximate surface area is 354 Å². The van der Waals surface area contributed by atoms with Crippen LogP contribution in [0.3, 0.4) is 0 Å². The third-order valence-corrected chi connectivity index (χ3v) is 11.9. The maximum atomic E-state index is 14.3. The zero-order valence-corrected chi connectivity index (χ0v) is 34.5. The van der Waals surface area contributed by atoms with Gasteiger partial charge in [0.2, 0.25) is 11.8 Å². The Morgan fingerprint density at radius 2 is 0.783 bits per heavy atom. The highest BCUT2D eigenvalue weighted by atomic mass is 16.2. The Kier molecular flexibility index (Phi) is 14.8. The number of benzene rings is 4. The second-order valence-corrected chi connectivity index (χ2v) is 16.1. The predicted octanol–water partition coefficient (Wildman–Crippen LogP) is 8.08. The van der Waals surface area contributed by atoms with E-state index in [1.54, 1.807) is 22.0 Å². The normalized spacial score (nSPS) is 17.5. The number of hydrogen-bond acceptors (Lipinski definition) is 6. The van der Waals surface area contributed by atoms with Crippen molar-refractivity contribution in [1.29, 1.82) is 0 Å². The van der Waals surface area contributed by atoms with Crippen molar-refractivity contribution < 1.29 is 19.2 Å². The van der Waals surface area contributed by atoms with Crippen LogP contribution in [0.5, 0.6) is 0 Å². The number of amides is 4. The highest BCUT2D eigenvalue weighted by Gasteiger charge is 2.35. The molecule has 4 aromatic carbocycles. The Bertz CT molecular complexity index is 1890. The molecule has 10 nitrogen and oxygen atoms in total. The van der Waals surface area contributed by atoms with Gasteiger partial charge in [-0.1, -0.05) is 136 Å². The molecule has 4 aromatic rings. The van der Waals surface area contributed by atoms with Gasteiger partial charge in [-0.05, 0) is 61.1 Å². The van der Waals surface area contributed by atoms with E-state index in [4.69, 9.17) is 0 Å². The van der Waals surface area contributed by atoms with Crippen LogP contribution in [0.15, 0.2) is 146 Å². The standard InChI is InChI=1S/C50H58N6O4/c57-45(55(43-27-15-5-16-28-43)47(39-19-7-1-8-20-39)49(59)51-41-23-11-3-12-24-41)31-33-53-35-37-54(38-36-53)34-32-46(58)56(44-29-17-6-18-30-44)48(40-21-9-2-10-22-40)50(60)52-42-25-13-4-14-26-42/h1-2,5-10,15-22,27-34,41-42,47-48H,3-4,11-14,23-26,35-38H2,(H,51,59)(H,52,60)/b33-31+,34-32+. The Hall–Kier alpha value is -6.16. The van der Waals surface area contributed by atoms with E-state index in [0.717, 1.165) is 62.5 Å². The Morgan fingerprint density at radius 3 is 1.12 bits per heavy atom. The molecule has 312 valence electrons. The first-order chi connectivity index (χ1) is 29.4. The second kappa shape index (κ2) is 21.2. The number of hydrogen-bond donors (Lipinski definition) is 2. The van der Waals surface area contributed by atoms with Crippen LogP contribution in [0.4, 0.5) is 11.4 Å². The fourth-order valence-corrected chi connectivity index (χ4v) is 8.68. The molecule has 1 aliphatic heterocycles. The monoisotopic (exact) mass is 806 g/mol. The number of nitrogens with one attached hydrogen (secondary N) is 2. The topological polar surface area (TPSA) is 105 Å². The van der Waals surface area contributed by atoms with Crippen LogP contribution in [-0.4, -0.2) is 71.7 Å². The molecule has 2 atom stereocenters. The van der Waals surface area contributed by atoms with E-state index in [-0.39, 0.29) is 35.7 Å². The van der Waals surface area contributed by atoms with Gasteiger partial charge in [-0.2, -0.15) is 0 Å². The molecule has 1 saturated heterocycles. The lowest BCUT2D eigenvalue weighted by atomic mass is 9.94. The van der Waals surface area contributed by atoms with Crippen LogP contribution in [0.2, 0.25) is 0 Å². The van der Waals surface area contributed by atoms with E-state index in [1.807, 2.05) is 134 Å². The summed E-state index contributed by atoms with van der Waals surface area (Å²) in [6.07, 6.45) is 17.2. The molecule has 0 aromatic heterocycles. The van der Waals surface area contributed by atoms with Gasteiger partial charge in [0.25, 0.3) is 11.8 Å². The number of piperazine rings is 1. The molecular weight excluding hydrogens is 749 g/mol. The molecule has 2 saturated carbocycles. The van der Waals surface area contributed by atoms with E-state index in [0.29, 0.717) is 37.6 Å². The first kappa shape index (κ1) is 42.0. The third-order valence-electron chi connectivity index (χ3n) is 11.9. The summed E-state index contributed by atoms with van der Waals surface area (Å²) >= 11 is 0. The summed E-state index contributed by atoms with van der Waals surface area (Å²) in [6.45, 7) is 2.49. The number of para-hydroxylation sites is 2. The van der Waals surface area contributed by atoms with Crippen molar-refractivity contribution in [1.82, 2.24) is 20.4 Å². The summed E-state index contributed by atoms with van der Waals surface area (Å²) in [5, 5.41) is 6.56. The van der Waals surface area contributed by atoms with Gasteiger partial charge in [-0.15, -0.1) is 0 Å². The minimum atomic E-state index is -0.845. The highest BCUT2D eigenvalue weighted by Crippen LogP contribution is 2.31. The zero-order valence-electron chi connectivity index (χ0n) is 34.5. The van der Waals surface area contributed by atoms with E-state index in [2.05, 4.69) is 20.4 Å². The number of nitrogens with zero attached hydrogens (tertiary/aromatic N) is 4. The van der Waals surface area contributed by atoms with Gasteiger partial charge in [-0.3, -0.25) is 29.0 Å². The van der Waals surface area contributed by atoms with Gasteiger partial charge in [0.1, 0.15) is 12.1 Å². The number of rotatable bonds is 14. The van der Waals surface area contributed by atoms with Gasteiger partial charge in [-0.25, -0.2) is 0 Å². The van der Waals surface area contributed by atoms with Gasteiger partial charge in [0.05, 0.1) is 0 Å². The van der Waals surface area contributed by atoms with E-state index < -0.39 is 12.1 Å². The molecule has 1 heterocycles. The summed E-state index contributed by atoms with van der Waals surface area (Å²) in [5.41, 5.74) is 2.78. The Balaban J connectivity index is 1.04. The van der Waals surface area contributed by atoms with Crippen molar-refractivity contribution in [2.24, 2.45) is 0 Å². The van der Waals surface area contributed by atoms with E-state index in [9.17, 15) is 19.2 Å². The molecular formula is C50H58N6O4. The average molecular weight is 807 g/mol. The molecule has 2 aliphatic carbocycles. The van der Waals surface area contributed by atoms with Crippen molar-refractivity contribution in [2.45, 2.75) is 88.4 Å². The lowest BCUT2D eigenvalue weighted by Crippen LogP contribution is -2.47. The molecule has 3 aliphatic rings. The largest absolute Gasteiger partial charge is 0.374 e. The van der Waals surface area contributed by atoms with Crippen LogP contribution in [0.25, 0.3) is 0 Å².